The van der Waals surface area contributed by atoms with Crippen LogP contribution in [0.2, 0.25) is 0 Å². The summed E-state index contributed by atoms with van der Waals surface area (Å²) in [6.45, 7) is 4.17. The molecule has 1 saturated heterocycles. The van der Waals surface area contributed by atoms with Gasteiger partial charge in [0.2, 0.25) is 5.95 Å². The minimum Gasteiger partial charge on any atom is -0.475 e. The highest BCUT2D eigenvalue weighted by molar-refractivity contribution is 5.73. The Balaban J connectivity index is 0.000000360. The number of hydrogen-bond acceptors (Lipinski definition) is 6. The first-order chi connectivity index (χ1) is 15.2. The number of nitrogens with zero attached hydrogens (tertiary/aromatic N) is 4. The number of halogens is 3. The predicted octanol–water partition coefficient (Wildman–Crippen LogP) is 3.43. The molecular weight excluding hydrogens is 425 g/mol. The highest BCUT2D eigenvalue weighted by atomic mass is 19.4. The molecule has 0 bridgehead atoms. The van der Waals surface area contributed by atoms with Gasteiger partial charge in [0.05, 0.1) is 17.6 Å². The molecule has 170 valence electrons. The third kappa shape index (κ3) is 6.27. The molecule has 0 radical (unpaired) electrons. The Bertz CT molecular complexity index is 1050. The van der Waals surface area contributed by atoms with E-state index in [2.05, 4.69) is 44.8 Å². The molecule has 4 rings (SSSR count). The van der Waals surface area contributed by atoms with Gasteiger partial charge >= 0.3 is 12.1 Å². The molecule has 2 aromatic heterocycles. The Morgan fingerprint density at radius 2 is 1.91 bits per heavy atom. The highest BCUT2D eigenvalue weighted by Crippen LogP contribution is 2.21. The molecule has 1 aliphatic rings. The zero-order chi connectivity index (χ0) is 23.1. The lowest BCUT2D eigenvalue weighted by Crippen LogP contribution is -2.35. The first-order valence-electron chi connectivity index (χ1n) is 9.95. The predicted molar refractivity (Wildman–Crippen MR) is 113 cm³/mol. The zero-order valence-corrected chi connectivity index (χ0v) is 17.3. The van der Waals surface area contributed by atoms with E-state index in [1.165, 1.54) is 5.56 Å². The molecule has 0 atom stereocenters. The Morgan fingerprint density at radius 1 is 1.22 bits per heavy atom. The van der Waals surface area contributed by atoms with Crippen molar-refractivity contribution in [3.63, 3.8) is 0 Å². The van der Waals surface area contributed by atoms with Crippen molar-refractivity contribution in [2.45, 2.75) is 32.0 Å². The van der Waals surface area contributed by atoms with Crippen molar-refractivity contribution in [1.29, 1.82) is 0 Å². The van der Waals surface area contributed by atoms with Crippen molar-refractivity contribution in [2.75, 3.05) is 18.4 Å². The van der Waals surface area contributed by atoms with Gasteiger partial charge in [-0.2, -0.15) is 18.3 Å². The maximum absolute atomic E-state index is 10.6. The quantitative estimate of drug-likeness (QED) is 0.562. The summed E-state index contributed by atoms with van der Waals surface area (Å²) in [6.07, 6.45) is 2.77. The molecule has 1 aromatic carbocycles. The van der Waals surface area contributed by atoms with Crippen LogP contribution in [0, 0.1) is 6.92 Å². The standard InChI is InChI=1S/C19H22N6.C2HF3O2/c1-14-4-2-3-5-18(14)25-13-15(12-22-25)17-8-11-21-19(24-17)23-16-6-9-20-10-7-16;3-2(4,5)1(6)7/h2-5,8,11-13,16,20H,6-7,9-10H2,1H3,(H,21,23,24);(H,6,7). The van der Waals surface area contributed by atoms with Gasteiger partial charge < -0.3 is 15.7 Å². The summed E-state index contributed by atoms with van der Waals surface area (Å²) in [4.78, 5) is 17.9. The normalized spacial score (nSPS) is 14.4. The molecular formula is C21H23F3N6O2. The molecule has 0 aliphatic carbocycles. The second kappa shape index (κ2) is 10.2. The number of piperidine rings is 1. The third-order valence-electron chi connectivity index (χ3n) is 4.81. The summed E-state index contributed by atoms with van der Waals surface area (Å²) in [7, 11) is 0. The molecule has 0 saturated carbocycles. The summed E-state index contributed by atoms with van der Waals surface area (Å²) in [5, 5.41) is 18.4. The number of anilines is 1. The van der Waals surface area contributed by atoms with Crippen molar-refractivity contribution in [1.82, 2.24) is 25.1 Å². The molecule has 3 heterocycles. The molecule has 32 heavy (non-hydrogen) atoms. The molecule has 0 spiro atoms. The maximum atomic E-state index is 10.6. The number of aromatic nitrogens is 4. The van der Waals surface area contributed by atoms with Gasteiger partial charge in [0.15, 0.2) is 0 Å². The fourth-order valence-corrected chi connectivity index (χ4v) is 3.15. The first-order valence-corrected chi connectivity index (χ1v) is 9.95. The van der Waals surface area contributed by atoms with Crippen LogP contribution in [0.3, 0.4) is 0 Å². The lowest BCUT2D eigenvalue weighted by molar-refractivity contribution is -0.192. The zero-order valence-electron chi connectivity index (χ0n) is 17.3. The average molecular weight is 448 g/mol. The molecule has 11 heteroatoms. The van der Waals surface area contributed by atoms with Crippen LogP contribution in [0.4, 0.5) is 19.1 Å². The number of carboxylic acid groups (broad SMARTS) is 1. The summed E-state index contributed by atoms with van der Waals surface area (Å²) in [6, 6.07) is 10.6. The van der Waals surface area contributed by atoms with Gasteiger partial charge in [-0.3, -0.25) is 0 Å². The van der Waals surface area contributed by atoms with E-state index in [0.717, 1.165) is 42.9 Å². The van der Waals surface area contributed by atoms with Gasteiger partial charge in [-0.1, -0.05) is 18.2 Å². The fraction of sp³-hybridized carbons (Fsp3) is 0.333. The number of aliphatic carboxylic acids is 1. The number of rotatable bonds is 4. The van der Waals surface area contributed by atoms with E-state index >= 15 is 0 Å². The molecule has 1 aliphatic heterocycles. The maximum Gasteiger partial charge on any atom is 0.490 e. The van der Waals surface area contributed by atoms with Gasteiger partial charge in [0.25, 0.3) is 0 Å². The molecule has 8 nitrogen and oxygen atoms in total. The Morgan fingerprint density at radius 3 is 2.56 bits per heavy atom. The highest BCUT2D eigenvalue weighted by Gasteiger charge is 2.38. The van der Waals surface area contributed by atoms with E-state index in [1.807, 2.05) is 35.3 Å². The number of para-hydroxylation sites is 1. The van der Waals surface area contributed by atoms with Gasteiger partial charge in [0.1, 0.15) is 0 Å². The van der Waals surface area contributed by atoms with E-state index in [4.69, 9.17) is 9.90 Å². The van der Waals surface area contributed by atoms with E-state index in [-0.39, 0.29) is 0 Å². The summed E-state index contributed by atoms with van der Waals surface area (Å²) in [5.74, 6) is -2.07. The van der Waals surface area contributed by atoms with Crippen LogP contribution in [0.15, 0.2) is 48.9 Å². The van der Waals surface area contributed by atoms with Gasteiger partial charge in [-0.15, -0.1) is 0 Å². The SMILES string of the molecule is Cc1ccccc1-n1cc(-c2ccnc(NC3CCNCC3)n2)cn1.O=C(O)C(F)(F)F. The largest absolute Gasteiger partial charge is 0.490 e. The number of carbonyl (C=O) groups is 1. The second-order valence-electron chi connectivity index (χ2n) is 7.20. The Hall–Kier alpha value is -3.47. The number of alkyl halides is 3. The first kappa shape index (κ1) is 23.2. The van der Waals surface area contributed by atoms with E-state index < -0.39 is 12.1 Å². The van der Waals surface area contributed by atoms with Crippen LogP contribution in [-0.2, 0) is 4.79 Å². The molecule has 3 N–H and O–H groups in total. The molecule has 0 amide bonds. The lowest BCUT2D eigenvalue weighted by Gasteiger charge is -2.23. The van der Waals surface area contributed by atoms with Crippen LogP contribution in [-0.4, -0.2) is 56.1 Å². The van der Waals surface area contributed by atoms with Crippen LogP contribution in [0.1, 0.15) is 18.4 Å². The number of nitrogens with one attached hydrogen (secondary N) is 2. The van der Waals surface area contributed by atoms with Gasteiger partial charge in [-0.05, 0) is 50.6 Å². The van der Waals surface area contributed by atoms with Gasteiger partial charge in [-0.25, -0.2) is 19.4 Å². The lowest BCUT2D eigenvalue weighted by atomic mass is 10.1. The summed E-state index contributed by atoms with van der Waals surface area (Å²) in [5.41, 5.74) is 4.13. The van der Waals surface area contributed by atoms with Crippen molar-refractivity contribution in [3.8, 4) is 16.9 Å². The minimum absolute atomic E-state index is 0.436. The van der Waals surface area contributed by atoms with E-state index in [9.17, 15) is 13.2 Å². The van der Waals surface area contributed by atoms with Crippen LogP contribution in [0.25, 0.3) is 16.9 Å². The topological polar surface area (TPSA) is 105 Å². The number of benzene rings is 1. The Labute approximate surface area is 182 Å². The minimum atomic E-state index is -5.08. The fourth-order valence-electron chi connectivity index (χ4n) is 3.15. The number of carboxylic acids is 1. The molecule has 1 fully saturated rings. The van der Waals surface area contributed by atoms with Crippen molar-refractivity contribution in [3.05, 3.63) is 54.5 Å². The third-order valence-corrected chi connectivity index (χ3v) is 4.81. The summed E-state index contributed by atoms with van der Waals surface area (Å²) >= 11 is 0. The molecule has 3 aromatic rings. The Kier molecular flexibility index (Phi) is 7.41. The van der Waals surface area contributed by atoms with Crippen molar-refractivity contribution in [2.24, 2.45) is 0 Å². The second-order valence-corrected chi connectivity index (χ2v) is 7.20. The monoisotopic (exact) mass is 448 g/mol. The van der Waals surface area contributed by atoms with E-state index in [1.54, 1.807) is 6.20 Å². The van der Waals surface area contributed by atoms with E-state index in [0.29, 0.717) is 12.0 Å². The van der Waals surface area contributed by atoms with Crippen LogP contribution in [0.5, 0.6) is 0 Å². The number of aryl methyl sites for hydroxylation is 1. The number of hydrogen-bond donors (Lipinski definition) is 3. The smallest absolute Gasteiger partial charge is 0.475 e. The van der Waals surface area contributed by atoms with Gasteiger partial charge in [0, 0.05) is 24.0 Å². The molecule has 0 unspecified atom stereocenters. The van der Waals surface area contributed by atoms with Crippen LogP contribution >= 0.6 is 0 Å². The average Bonchev–Trinajstić information content (AvgIpc) is 3.25. The summed E-state index contributed by atoms with van der Waals surface area (Å²) < 4.78 is 33.6. The van der Waals surface area contributed by atoms with Crippen molar-refractivity contribution >= 4 is 11.9 Å². The van der Waals surface area contributed by atoms with Crippen LogP contribution < -0.4 is 10.6 Å². The van der Waals surface area contributed by atoms with Crippen molar-refractivity contribution < 1.29 is 23.1 Å².